The first kappa shape index (κ1) is 26.5. The van der Waals surface area contributed by atoms with Crippen molar-refractivity contribution in [1.29, 1.82) is 0 Å². The first-order valence-corrected chi connectivity index (χ1v) is 8.35. The van der Waals surface area contributed by atoms with E-state index in [0.717, 1.165) is 0 Å². The first-order valence-electron chi connectivity index (χ1n) is 8.35. The third-order valence-corrected chi connectivity index (χ3v) is 2.34. The lowest BCUT2D eigenvalue weighted by atomic mass is 10.2. The predicted octanol–water partition coefficient (Wildman–Crippen LogP) is 5.47. The van der Waals surface area contributed by atoms with Crippen molar-refractivity contribution in [3.05, 3.63) is 60.0 Å². The van der Waals surface area contributed by atoms with E-state index in [2.05, 4.69) is 0 Å². The number of hydrogen-bond donors (Lipinski definition) is 1. The minimum Gasteiger partial charge on any atom is -0.478 e. The van der Waals surface area contributed by atoms with Crippen molar-refractivity contribution in [1.82, 2.24) is 4.90 Å². The monoisotopic (exact) mass is 335 g/mol. The summed E-state index contributed by atoms with van der Waals surface area (Å²) in [6.45, 7) is 15.0. The molecule has 0 bridgehead atoms. The molecule has 4 heteroatoms. The van der Waals surface area contributed by atoms with Crippen molar-refractivity contribution in [2.45, 2.75) is 55.4 Å². The second-order valence-electron chi connectivity index (χ2n) is 3.78. The van der Waals surface area contributed by atoms with Crippen LogP contribution in [-0.2, 0) is 9.59 Å². The molecule has 4 nitrogen and oxygen atoms in total. The number of aliphatic carboxylic acids is 1. The quantitative estimate of drug-likeness (QED) is 0.303. The van der Waals surface area contributed by atoms with Crippen LogP contribution in [0.4, 0.5) is 0 Å². The van der Waals surface area contributed by atoms with Crippen LogP contribution in [0.25, 0.3) is 0 Å². The summed E-state index contributed by atoms with van der Waals surface area (Å²) in [6.07, 6.45) is 13.4. The Morgan fingerprint density at radius 3 is 1.75 bits per heavy atom. The Morgan fingerprint density at radius 1 is 0.875 bits per heavy atom. The number of hydrogen-bond acceptors (Lipinski definition) is 2. The van der Waals surface area contributed by atoms with Gasteiger partial charge in [0.05, 0.1) is 0 Å². The number of carboxylic acid groups (broad SMARTS) is 1. The van der Waals surface area contributed by atoms with Crippen LogP contribution in [0, 0.1) is 0 Å². The highest BCUT2D eigenvalue weighted by molar-refractivity contribution is 6.16. The number of nitrogens with zero attached hydrogens (tertiary/aromatic N) is 1. The Kier molecular flexibility index (Phi) is 20.7. The normalized spacial score (nSPS) is 11.8. The smallest absolute Gasteiger partial charge is 0.341 e. The zero-order valence-corrected chi connectivity index (χ0v) is 16.3. The van der Waals surface area contributed by atoms with Gasteiger partial charge in [0.1, 0.15) is 5.57 Å². The molecule has 0 aromatic heterocycles. The molecule has 0 unspecified atom stereocenters. The number of rotatable bonds is 6. The highest BCUT2D eigenvalue weighted by atomic mass is 16.4. The lowest BCUT2D eigenvalue weighted by Gasteiger charge is -2.19. The first-order chi connectivity index (χ1) is 11.5. The Bertz CT molecular complexity index is 495. The molecule has 1 amide bonds. The van der Waals surface area contributed by atoms with Crippen molar-refractivity contribution in [3.8, 4) is 0 Å². The van der Waals surface area contributed by atoms with E-state index in [0.29, 0.717) is 5.70 Å². The lowest BCUT2D eigenvalue weighted by molar-refractivity contribution is -0.136. The van der Waals surface area contributed by atoms with Gasteiger partial charge in [-0.1, -0.05) is 58.1 Å². The molecule has 0 spiro atoms. The topological polar surface area (TPSA) is 57.6 Å². The minimum absolute atomic E-state index is 0.265. The zero-order chi connectivity index (χ0) is 19.5. The second-order valence-corrected chi connectivity index (χ2v) is 3.78. The van der Waals surface area contributed by atoms with Gasteiger partial charge in [-0.2, -0.15) is 0 Å². The van der Waals surface area contributed by atoms with E-state index in [4.69, 9.17) is 5.11 Å². The molecule has 0 rings (SSSR count). The van der Waals surface area contributed by atoms with E-state index in [1.165, 1.54) is 17.9 Å². The molecule has 0 radical (unpaired) electrons. The summed E-state index contributed by atoms with van der Waals surface area (Å²) < 4.78 is 0. The van der Waals surface area contributed by atoms with Gasteiger partial charge in [0.25, 0.3) is 5.91 Å². The van der Waals surface area contributed by atoms with Gasteiger partial charge in [-0.25, -0.2) is 4.79 Å². The summed E-state index contributed by atoms with van der Waals surface area (Å²) in [5.41, 5.74) is 0.327. The second kappa shape index (κ2) is 18.7. The Balaban J connectivity index is -0.00000102. The van der Waals surface area contributed by atoms with Crippen LogP contribution in [0.15, 0.2) is 60.0 Å². The summed E-state index contributed by atoms with van der Waals surface area (Å²) in [5, 5.41) is 9.06. The van der Waals surface area contributed by atoms with Crippen molar-refractivity contribution in [3.63, 3.8) is 0 Å². The summed E-state index contributed by atoms with van der Waals surface area (Å²) in [5.74, 6) is -1.81. The summed E-state index contributed by atoms with van der Waals surface area (Å²) in [6, 6.07) is 0. The molecule has 0 aliphatic carbocycles. The Hall–Kier alpha value is -2.36. The highest BCUT2D eigenvalue weighted by Crippen LogP contribution is 2.13. The molecule has 0 aromatic rings. The van der Waals surface area contributed by atoms with Crippen LogP contribution in [0.1, 0.15) is 55.4 Å². The average molecular weight is 335 g/mol. The fourth-order valence-electron chi connectivity index (χ4n) is 1.47. The molecule has 0 aromatic carbocycles. The minimum atomic E-state index is -1.24. The van der Waals surface area contributed by atoms with Gasteiger partial charge >= 0.3 is 5.97 Å². The molecule has 0 saturated heterocycles. The fraction of sp³-hybridized carbons (Fsp3) is 0.400. The molecule has 24 heavy (non-hydrogen) atoms. The van der Waals surface area contributed by atoms with E-state index in [1.807, 2.05) is 47.6 Å². The summed E-state index contributed by atoms with van der Waals surface area (Å²) in [4.78, 5) is 24.7. The highest BCUT2D eigenvalue weighted by Gasteiger charge is 2.22. The largest absolute Gasteiger partial charge is 0.478 e. The third kappa shape index (κ3) is 10.4. The van der Waals surface area contributed by atoms with Crippen LogP contribution >= 0.6 is 0 Å². The SMILES string of the molecule is CC.CC.C\C=C/C=C(\C=C/C)N(/C=C\C)C(=O)/C(=C\C)C(=O)O. The molecule has 0 fully saturated rings. The Labute approximate surface area is 147 Å². The van der Waals surface area contributed by atoms with Crippen LogP contribution in [0.2, 0.25) is 0 Å². The zero-order valence-electron chi connectivity index (χ0n) is 16.3. The molecule has 136 valence electrons. The van der Waals surface area contributed by atoms with Crippen molar-refractivity contribution >= 4 is 11.9 Å². The number of carbonyl (C=O) groups is 2. The maximum Gasteiger partial charge on any atom is 0.341 e. The van der Waals surface area contributed by atoms with Crippen LogP contribution < -0.4 is 0 Å². The number of amides is 1. The van der Waals surface area contributed by atoms with Gasteiger partial charge in [-0.05, 0) is 39.8 Å². The number of carbonyl (C=O) groups excluding carboxylic acids is 1. The van der Waals surface area contributed by atoms with E-state index < -0.39 is 11.9 Å². The molecule has 0 saturated carbocycles. The summed E-state index contributed by atoms with van der Waals surface area (Å²) >= 11 is 0. The Morgan fingerprint density at radius 2 is 1.42 bits per heavy atom. The van der Waals surface area contributed by atoms with Gasteiger partial charge in [0.15, 0.2) is 0 Å². The fourth-order valence-corrected chi connectivity index (χ4v) is 1.47. The average Bonchev–Trinajstić information content (AvgIpc) is 2.60. The van der Waals surface area contributed by atoms with E-state index in [1.54, 1.807) is 43.5 Å². The molecule has 0 atom stereocenters. The molecule has 0 heterocycles. The van der Waals surface area contributed by atoms with E-state index in [-0.39, 0.29) is 5.57 Å². The third-order valence-electron chi connectivity index (χ3n) is 2.34. The predicted molar refractivity (Wildman–Crippen MR) is 103 cm³/mol. The van der Waals surface area contributed by atoms with Gasteiger partial charge < -0.3 is 5.11 Å². The maximum absolute atomic E-state index is 12.3. The lowest BCUT2D eigenvalue weighted by Crippen LogP contribution is -2.29. The van der Waals surface area contributed by atoms with Gasteiger partial charge in [-0.3, -0.25) is 9.69 Å². The van der Waals surface area contributed by atoms with Crippen molar-refractivity contribution in [2.24, 2.45) is 0 Å². The van der Waals surface area contributed by atoms with E-state index >= 15 is 0 Å². The number of allylic oxidation sites excluding steroid dienone is 7. The molecule has 0 aliphatic heterocycles. The molecular formula is C20H33NO3. The van der Waals surface area contributed by atoms with Crippen LogP contribution in [0.5, 0.6) is 0 Å². The van der Waals surface area contributed by atoms with Crippen LogP contribution in [0.3, 0.4) is 0 Å². The van der Waals surface area contributed by atoms with Crippen molar-refractivity contribution in [2.75, 3.05) is 0 Å². The standard InChI is InChI=1S/C16H21NO3.2C2H6/c1-5-9-11-13(10-6-2)17(12-7-3)15(18)14(8-4)16(19)20;2*1-2/h5-12H,1-4H3,(H,19,20);2*1-2H3/b9-5-,10-6-,12-7-,13-11+,14-8+;;. The number of carboxylic acids is 1. The van der Waals surface area contributed by atoms with Crippen molar-refractivity contribution < 1.29 is 14.7 Å². The maximum atomic E-state index is 12.3. The van der Waals surface area contributed by atoms with Gasteiger partial charge in [0, 0.05) is 11.9 Å². The van der Waals surface area contributed by atoms with E-state index in [9.17, 15) is 9.59 Å². The molecule has 1 N–H and O–H groups in total. The van der Waals surface area contributed by atoms with Gasteiger partial charge in [-0.15, -0.1) is 0 Å². The molecule has 0 aliphatic rings. The van der Waals surface area contributed by atoms with Gasteiger partial charge in [0.2, 0.25) is 0 Å². The van der Waals surface area contributed by atoms with Crippen LogP contribution in [-0.4, -0.2) is 21.9 Å². The summed E-state index contributed by atoms with van der Waals surface area (Å²) in [7, 11) is 0. The molecular weight excluding hydrogens is 302 g/mol.